The van der Waals surface area contributed by atoms with E-state index in [1.807, 2.05) is 0 Å². The molecule has 0 atom stereocenters. The van der Waals surface area contributed by atoms with Gasteiger partial charge in [-0.1, -0.05) is 0 Å². The van der Waals surface area contributed by atoms with Crippen LogP contribution in [0.5, 0.6) is 0 Å². The van der Waals surface area contributed by atoms with Crippen LogP contribution < -0.4 is 5.73 Å². The van der Waals surface area contributed by atoms with Gasteiger partial charge in [-0.05, 0) is 0 Å². The SMILES string of the molecule is Nc1n[nH]c(C(F)(F)C(F)(F)C(F)(F)F)n1. The highest BCUT2D eigenvalue weighted by molar-refractivity contribution is 5.17. The summed E-state index contributed by atoms with van der Waals surface area (Å²) in [6.07, 6.45) is -6.42. The van der Waals surface area contributed by atoms with E-state index in [2.05, 4.69) is 10.1 Å². The van der Waals surface area contributed by atoms with Crippen LogP contribution in [-0.4, -0.2) is 27.3 Å². The summed E-state index contributed by atoms with van der Waals surface area (Å²) in [7, 11) is 0. The zero-order valence-electron chi connectivity index (χ0n) is 7.12. The molecule has 0 spiro atoms. The fourth-order valence-corrected chi connectivity index (χ4v) is 0.742. The van der Waals surface area contributed by atoms with Gasteiger partial charge < -0.3 is 5.73 Å². The van der Waals surface area contributed by atoms with Gasteiger partial charge in [0.15, 0.2) is 0 Å². The van der Waals surface area contributed by atoms with E-state index in [4.69, 9.17) is 5.73 Å². The van der Waals surface area contributed by atoms with E-state index >= 15 is 0 Å². The number of hydrogen-bond acceptors (Lipinski definition) is 3. The van der Waals surface area contributed by atoms with Crippen molar-refractivity contribution >= 4 is 5.95 Å². The van der Waals surface area contributed by atoms with Crippen LogP contribution in [-0.2, 0) is 5.92 Å². The van der Waals surface area contributed by atoms with Crippen LogP contribution in [0.2, 0.25) is 0 Å². The first-order valence-corrected chi connectivity index (χ1v) is 3.51. The number of nitrogens with zero attached hydrogens (tertiary/aromatic N) is 2. The second-order valence-corrected chi connectivity index (χ2v) is 2.69. The molecule has 11 heteroatoms. The van der Waals surface area contributed by atoms with E-state index in [1.54, 1.807) is 0 Å². The van der Waals surface area contributed by atoms with E-state index < -0.39 is 29.8 Å². The van der Waals surface area contributed by atoms with Gasteiger partial charge in [0.05, 0.1) is 0 Å². The molecule has 0 aliphatic heterocycles. The average Bonchev–Trinajstić information content (AvgIpc) is 2.49. The zero-order chi connectivity index (χ0) is 12.8. The van der Waals surface area contributed by atoms with Gasteiger partial charge >= 0.3 is 18.0 Å². The number of anilines is 1. The van der Waals surface area contributed by atoms with Gasteiger partial charge in [-0.15, -0.1) is 5.10 Å². The topological polar surface area (TPSA) is 67.6 Å². The molecule has 1 heterocycles. The molecule has 92 valence electrons. The van der Waals surface area contributed by atoms with Crippen molar-refractivity contribution in [2.45, 2.75) is 18.0 Å². The number of alkyl halides is 7. The van der Waals surface area contributed by atoms with Crippen LogP contribution in [0.15, 0.2) is 0 Å². The molecule has 0 aliphatic rings. The Morgan fingerprint density at radius 3 is 1.81 bits per heavy atom. The normalized spacial score (nSPS) is 14.2. The van der Waals surface area contributed by atoms with Crippen molar-refractivity contribution < 1.29 is 30.7 Å². The molecule has 0 bridgehead atoms. The number of nitrogens with one attached hydrogen (secondary N) is 1. The maximum absolute atomic E-state index is 12.8. The summed E-state index contributed by atoms with van der Waals surface area (Å²) >= 11 is 0. The maximum atomic E-state index is 12.8. The fourth-order valence-electron chi connectivity index (χ4n) is 0.742. The van der Waals surface area contributed by atoms with Crippen molar-refractivity contribution in [3.8, 4) is 0 Å². The number of nitrogens with two attached hydrogens (primary N) is 1. The minimum absolute atomic E-state index is 0.868. The lowest BCUT2D eigenvalue weighted by Crippen LogP contribution is -2.50. The summed E-state index contributed by atoms with van der Waals surface area (Å²) in [6.45, 7) is 0. The van der Waals surface area contributed by atoms with Crippen LogP contribution >= 0.6 is 0 Å². The van der Waals surface area contributed by atoms with Crippen LogP contribution in [0.3, 0.4) is 0 Å². The number of H-pyrrole nitrogens is 1. The maximum Gasteiger partial charge on any atom is 0.460 e. The Morgan fingerprint density at radius 2 is 1.50 bits per heavy atom. The standard InChI is InChI=1S/C5H3F7N4/c6-3(7,1-14-2(13)16-15-1)4(8,9)5(10,11)12/h(H3,13,14,15,16). The minimum atomic E-state index is -6.42. The molecular formula is C5H3F7N4. The molecule has 0 amide bonds. The summed E-state index contributed by atoms with van der Waals surface area (Å²) < 4.78 is 85.5. The lowest BCUT2D eigenvalue weighted by atomic mass is 10.1. The molecule has 3 N–H and O–H groups in total. The van der Waals surface area contributed by atoms with Crippen molar-refractivity contribution in [3.05, 3.63) is 5.82 Å². The fraction of sp³-hybridized carbons (Fsp3) is 0.600. The lowest BCUT2D eigenvalue weighted by molar-refractivity contribution is -0.361. The molecule has 0 saturated heterocycles. The van der Waals surface area contributed by atoms with Gasteiger partial charge in [-0.25, -0.2) is 0 Å². The van der Waals surface area contributed by atoms with Gasteiger partial charge in [0.2, 0.25) is 11.8 Å². The molecule has 1 aromatic heterocycles. The quantitative estimate of drug-likeness (QED) is 0.787. The van der Waals surface area contributed by atoms with Crippen molar-refractivity contribution in [1.82, 2.24) is 15.2 Å². The summed E-state index contributed by atoms with van der Waals surface area (Å²) in [5.41, 5.74) is 4.71. The Morgan fingerprint density at radius 1 is 1.00 bits per heavy atom. The van der Waals surface area contributed by atoms with E-state index in [1.165, 1.54) is 5.10 Å². The van der Waals surface area contributed by atoms with E-state index in [0.29, 0.717) is 0 Å². The van der Waals surface area contributed by atoms with Gasteiger partial charge in [-0.2, -0.15) is 35.7 Å². The summed E-state index contributed by atoms with van der Waals surface area (Å²) in [5.74, 6) is -14.7. The Bertz CT molecular complexity index is 380. The van der Waals surface area contributed by atoms with Crippen LogP contribution in [0.25, 0.3) is 0 Å². The molecule has 1 rings (SSSR count). The Hall–Kier alpha value is -1.55. The van der Waals surface area contributed by atoms with E-state index in [-0.39, 0.29) is 0 Å². The molecule has 1 aromatic rings. The largest absolute Gasteiger partial charge is 0.460 e. The van der Waals surface area contributed by atoms with Crippen LogP contribution in [0, 0.1) is 0 Å². The van der Waals surface area contributed by atoms with E-state index in [0.717, 1.165) is 0 Å². The number of nitrogen functional groups attached to an aromatic ring is 1. The Kier molecular flexibility index (Phi) is 2.52. The lowest BCUT2D eigenvalue weighted by Gasteiger charge is -2.26. The van der Waals surface area contributed by atoms with Crippen molar-refractivity contribution in [2.24, 2.45) is 0 Å². The molecule has 0 aromatic carbocycles. The Balaban J connectivity index is 3.21. The third-order valence-corrected chi connectivity index (χ3v) is 1.55. The first kappa shape index (κ1) is 12.5. The van der Waals surface area contributed by atoms with Crippen molar-refractivity contribution in [3.63, 3.8) is 0 Å². The number of aromatic nitrogens is 3. The molecule has 0 unspecified atom stereocenters. The number of halogens is 7. The average molecular weight is 252 g/mol. The van der Waals surface area contributed by atoms with Crippen LogP contribution in [0.4, 0.5) is 36.7 Å². The Labute approximate surface area is 82.6 Å². The molecule has 0 fully saturated rings. The van der Waals surface area contributed by atoms with Gasteiger partial charge in [0.25, 0.3) is 0 Å². The summed E-state index contributed by atoms with van der Waals surface area (Å²) in [6, 6.07) is 0. The summed E-state index contributed by atoms with van der Waals surface area (Å²) in [5, 5.41) is 3.95. The molecule has 0 saturated carbocycles. The highest BCUT2D eigenvalue weighted by Gasteiger charge is 2.75. The van der Waals surface area contributed by atoms with E-state index in [9.17, 15) is 30.7 Å². The van der Waals surface area contributed by atoms with Crippen molar-refractivity contribution in [2.75, 3.05) is 5.73 Å². The second kappa shape index (κ2) is 3.22. The monoisotopic (exact) mass is 252 g/mol. The molecular weight excluding hydrogens is 249 g/mol. The second-order valence-electron chi connectivity index (χ2n) is 2.69. The van der Waals surface area contributed by atoms with Gasteiger partial charge in [0, 0.05) is 0 Å². The van der Waals surface area contributed by atoms with Crippen LogP contribution in [0.1, 0.15) is 5.82 Å². The highest BCUT2D eigenvalue weighted by atomic mass is 19.4. The predicted molar refractivity (Wildman–Crippen MR) is 35.7 cm³/mol. The molecule has 4 nitrogen and oxygen atoms in total. The third-order valence-electron chi connectivity index (χ3n) is 1.55. The highest BCUT2D eigenvalue weighted by Crippen LogP contribution is 2.50. The van der Waals surface area contributed by atoms with Crippen molar-refractivity contribution in [1.29, 1.82) is 0 Å². The predicted octanol–water partition coefficient (Wildman–Crippen LogP) is 1.68. The first-order valence-electron chi connectivity index (χ1n) is 3.51. The van der Waals surface area contributed by atoms with Gasteiger partial charge in [0.1, 0.15) is 0 Å². The molecule has 0 radical (unpaired) electrons. The summed E-state index contributed by atoms with van der Waals surface area (Å²) in [4.78, 5) is 2.54. The first-order chi connectivity index (χ1) is 7.00. The number of aromatic amines is 1. The van der Waals surface area contributed by atoms with Gasteiger partial charge in [-0.3, -0.25) is 5.10 Å². The smallest absolute Gasteiger partial charge is 0.367 e. The number of hydrogen-bond donors (Lipinski definition) is 2. The number of rotatable bonds is 2. The zero-order valence-corrected chi connectivity index (χ0v) is 7.12. The molecule has 0 aliphatic carbocycles. The third kappa shape index (κ3) is 1.65. The minimum Gasteiger partial charge on any atom is -0.367 e. The molecule has 16 heavy (non-hydrogen) atoms.